The molecule has 21 heavy (non-hydrogen) atoms. The smallest absolute Gasteiger partial charge is 0.270 e. The van der Waals surface area contributed by atoms with Crippen LogP contribution < -0.4 is 5.32 Å². The van der Waals surface area contributed by atoms with Gasteiger partial charge in [-0.25, -0.2) is 0 Å². The van der Waals surface area contributed by atoms with Crippen molar-refractivity contribution in [3.05, 3.63) is 38.9 Å². The number of non-ortho nitro benzene ring substituents is 1. The van der Waals surface area contributed by atoms with Gasteiger partial charge in [0.15, 0.2) is 0 Å². The molecule has 0 bridgehead atoms. The van der Waals surface area contributed by atoms with Crippen molar-refractivity contribution in [2.24, 2.45) is 0 Å². The topological polar surface area (TPSA) is 92.6 Å². The first-order valence-corrected chi connectivity index (χ1v) is 6.86. The first-order chi connectivity index (χ1) is 9.95. The SMILES string of the molecule is CCC1C(=O)NCCN1C(=O)c1ccc([N+](=O)[O-])cc1Cl. The lowest BCUT2D eigenvalue weighted by atomic mass is 10.1. The maximum Gasteiger partial charge on any atom is 0.270 e. The summed E-state index contributed by atoms with van der Waals surface area (Å²) < 4.78 is 0. The maximum atomic E-state index is 12.5. The first kappa shape index (κ1) is 15.2. The number of nitro benzene ring substituents is 1. The minimum atomic E-state index is -0.580. The van der Waals surface area contributed by atoms with Crippen LogP contribution in [-0.4, -0.2) is 40.8 Å². The van der Waals surface area contributed by atoms with E-state index in [1.165, 1.54) is 17.0 Å². The molecule has 1 aliphatic rings. The van der Waals surface area contributed by atoms with Crippen molar-refractivity contribution in [2.75, 3.05) is 13.1 Å². The Morgan fingerprint density at radius 1 is 1.57 bits per heavy atom. The zero-order valence-corrected chi connectivity index (χ0v) is 12.1. The maximum absolute atomic E-state index is 12.5. The second-order valence-electron chi connectivity index (χ2n) is 4.63. The molecule has 0 aliphatic carbocycles. The number of hydrogen-bond acceptors (Lipinski definition) is 4. The van der Waals surface area contributed by atoms with Gasteiger partial charge in [0.25, 0.3) is 11.6 Å². The summed E-state index contributed by atoms with van der Waals surface area (Å²) in [5.41, 5.74) is -0.0182. The Labute approximate surface area is 126 Å². The zero-order valence-electron chi connectivity index (χ0n) is 11.3. The zero-order chi connectivity index (χ0) is 15.6. The van der Waals surface area contributed by atoms with E-state index >= 15 is 0 Å². The third-order valence-electron chi connectivity index (χ3n) is 3.37. The van der Waals surface area contributed by atoms with E-state index in [0.717, 1.165) is 6.07 Å². The summed E-state index contributed by atoms with van der Waals surface area (Å²) in [4.78, 5) is 35.8. The third-order valence-corrected chi connectivity index (χ3v) is 3.68. The molecule has 0 spiro atoms. The highest BCUT2D eigenvalue weighted by Gasteiger charge is 2.33. The van der Waals surface area contributed by atoms with E-state index < -0.39 is 16.9 Å². The molecule has 7 nitrogen and oxygen atoms in total. The highest BCUT2D eigenvalue weighted by Crippen LogP contribution is 2.25. The molecule has 1 N–H and O–H groups in total. The summed E-state index contributed by atoms with van der Waals surface area (Å²) in [5.74, 6) is -0.591. The summed E-state index contributed by atoms with van der Waals surface area (Å²) in [5, 5.41) is 13.4. The van der Waals surface area contributed by atoms with E-state index in [-0.39, 0.29) is 22.2 Å². The van der Waals surface area contributed by atoms with Crippen molar-refractivity contribution in [3.63, 3.8) is 0 Å². The average Bonchev–Trinajstić information content (AvgIpc) is 2.46. The Morgan fingerprint density at radius 2 is 2.29 bits per heavy atom. The van der Waals surface area contributed by atoms with Crippen LogP contribution >= 0.6 is 11.6 Å². The fourth-order valence-electron chi connectivity index (χ4n) is 2.31. The number of carbonyl (C=O) groups excluding carboxylic acids is 2. The van der Waals surface area contributed by atoms with Crippen LogP contribution in [0.15, 0.2) is 18.2 Å². The van der Waals surface area contributed by atoms with Gasteiger partial charge in [0, 0.05) is 25.2 Å². The molecule has 2 rings (SSSR count). The number of piperazine rings is 1. The highest BCUT2D eigenvalue weighted by molar-refractivity contribution is 6.34. The summed E-state index contributed by atoms with van der Waals surface area (Å²) >= 11 is 5.96. The summed E-state index contributed by atoms with van der Waals surface area (Å²) in [6.45, 7) is 2.58. The molecule has 1 aliphatic heterocycles. The molecule has 8 heteroatoms. The molecule has 0 aromatic heterocycles. The minimum Gasteiger partial charge on any atom is -0.353 e. The molecule has 1 aromatic carbocycles. The van der Waals surface area contributed by atoms with Gasteiger partial charge in [0.2, 0.25) is 5.91 Å². The van der Waals surface area contributed by atoms with Gasteiger partial charge in [-0.3, -0.25) is 19.7 Å². The second-order valence-corrected chi connectivity index (χ2v) is 5.04. The number of rotatable bonds is 3. The Kier molecular flexibility index (Phi) is 4.42. The molecule has 1 aromatic rings. The Bertz CT molecular complexity index is 605. The van der Waals surface area contributed by atoms with Crippen molar-refractivity contribution in [1.82, 2.24) is 10.2 Å². The van der Waals surface area contributed by atoms with Gasteiger partial charge < -0.3 is 10.2 Å². The average molecular weight is 312 g/mol. The lowest BCUT2D eigenvalue weighted by Crippen LogP contribution is -2.56. The van der Waals surface area contributed by atoms with Crippen molar-refractivity contribution >= 4 is 29.1 Å². The van der Waals surface area contributed by atoms with E-state index in [1.807, 2.05) is 6.92 Å². The number of nitrogens with zero attached hydrogens (tertiary/aromatic N) is 2. The van der Waals surface area contributed by atoms with Crippen LogP contribution in [0.25, 0.3) is 0 Å². The lowest BCUT2D eigenvalue weighted by Gasteiger charge is -2.34. The van der Waals surface area contributed by atoms with E-state index in [4.69, 9.17) is 11.6 Å². The van der Waals surface area contributed by atoms with Gasteiger partial charge in [0.1, 0.15) is 6.04 Å². The van der Waals surface area contributed by atoms with Gasteiger partial charge in [0.05, 0.1) is 15.5 Å². The Balaban J connectivity index is 2.31. The molecule has 1 unspecified atom stereocenters. The van der Waals surface area contributed by atoms with Gasteiger partial charge in [-0.05, 0) is 12.5 Å². The van der Waals surface area contributed by atoms with Crippen LogP contribution in [-0.2, 0) is 4.79 Å². The van der Waals surface area contributed by atoms with Gasteiger partial charge >= 0.3 is 0 Å². The van der Waals surface area contributed by atoms with Crippen LogP contribution in [0, 0.1) is 10.1 Å². The van der Waals surface area contributed by atoms with Crippen LogP contribution in [0.1, 0.15) is 23.7 Å². The Hall–Kier alpha value is -2.15. The number of nitro groups is 1. The highest BCUT2D eigenvalue weighted by atomic mass is 35.5. The fourth-order valence-corrected chi connectivity index (χ4v) is 2.56. The van der Waals surface area contributed by atoms with Crippen molar-refractivity contribution < 1.29 is 14.5 Å². The van der Waals surface area contributed by atoms with Crippen molar-refractivity contribution in [1.29, 1.82) is 0 Å². The second kappa shape index (κ2) is 6.09. The van der Waals surface area contributed by atoms with Crippen molar-refractivity contribution in [2.45, 2.75) is 19.4 Å². The first-order valence-electron chi connectivity index (χ1n) is 6.48. The molecule has 0 radical (unpaired) electrons. The van der Waals surface area contributed by atoms with Gasteiger partial charge in [-0.1, -0.05) is 18.5 Å². The molecule has 0 saturated carbocycles. The Morgan fingerprint density at radius 3 is 2.86 bits per heavy atom. The monoisotopic (exact) mass is 311 g/mol. The van der Waals surface area contributed by atoms with E-state index in [9.17, 15) is 19.7 Å². The van der Waals surface area contributed by atoms with E-state index in [1.54, 1.807) is 0 Å². The molecule has 1 heterocycles. The van der Waals surface area contributed by atoms with Gasteiger partial charge in [-0.15, -0.1) is 0 Å². The number of amides is 2. The van der Waals surface area contributed by atoms with Crippen LogP contribution in [0.5, 0.6) is 0 Å². The summed E-state index contributed by atoms with van der Waals surface area (Å²) in [7, 11) is 0. The quantitative estimate of drug-likeness (QED) is 0.678. The van der Waals surface area contributed by atoms with Crippen LogP contribution in [0.2, 0.25) is 5.02 Å². The molecule has 1 atom stereocenters. The van der Waals surface area contributed by atoms with Crippen LogP contribution in [0.4, 0.5) is 5.69 Å². The molecular formula is C13H14ClN3O4. The van der Waals surface area contributed by atoms with E-state index in [2.05, 4.69) is 5.32 Å². The summed E-state index contributed by atoms with van der Waals surface area (Å²) in [6.07, 6.45) is 0.488. The van der Waals surface area contributed by atoms with Crippen LogP contribution in [0.3, 0.4) is 0 Å². The minimum absolute atomic E-state index is 0.00929. The number of nitrogens with one attached hydrogen (secondary N) is 1. The number of carbonyl (C=O) groups is 2. The fraction of sp³-hybridized carbons (Fsp3) is 0.385. The molecule has 2 amide bonds. The number of halogens is 1. The predicted molar refractivity (Wildman–Crippen MR) is 76.2 cm³/mol. The van der Waals surface area contributed by atoms with Crippen molar-refractivity contribution in [3.8, 4) is 0 Å². The largest absolute Gasteiger partial charge is 0.353 e. The van der Waals surface area contributed by atoms with Gasteiger partial charge in [-0.2, -0.15) is 0 Å². The number of hydrogen-bond donors (Lipinski definition) is 1. The third kappa shape index (κ3) is 2.97. The van der Waals surface area contributed by atoms with E-state index in [0.29, 0.717) is 19.5 Å². The molecule has 1 saturated heterocycles. The lowest BCUT2D eigenvalue weighted by molar-refractivity contribution is -0.384. The molecular weight excluding hydrogens is 298 g/mol. The number of benzene rings is 1. The molecule has 1 fully saturated rings. The predicted octanol–water partition coefficient (Wildman–Crippen LogP) is 1.60. The summed E-state index contributed by atoms with van der Waals surface area (Å²) in [6, 6.07) is 3.14. The standard InChI is InChI=1S/C13H14ClN3O4/c1-2-11-12(18)15-5-6-16(11)13(19)9-4-3-8(17(20)21)7-10(9)14/h3-4,7,11H,2,5-6H2,1H3,(H,15,18). The molecule has 112 valence electrons. The normalized spacial score (nSPS) is 18.3.